The lowest BCUT2D eigenvalue weighted by atomic mass is 10.0. The van der Waals surface area contributed by atoms with Crippen molar-refractivity contribution in [3.05, 3.63) is 18.3 Å². The van der Waals surface area contributed by atoms with Gasteiger partial charge in [0.25, 0.3) is 0 Å². The molecule has 0 fully saturated rings. The highest BCUT2D eigenvalue weighted by Gasteiger charge is 2.24. The summed E-state index contributed by atoms with van der Waals surface area (Å²) in [4.78, 5) is 4.29. The molecule has 0 bridgehead atoms. The van der Waals surface area contributed by atoms with E-state index in [0.29, 0.717) is 12.4 Å². The lowest BCUT2D eigenvalue weighted by molar-refractivity contribution is 0.437. The lowest BCUT2D eigenvalue weighted by Gasteiger charge is -2.21. The van der Waals surface area contributed by atoms with Crippen LogP contribution >= 0.6 is 0 Å². The van der Waals surface area contributed by atoms with Crippen LogP contribution in [0.15, 0.2) is 23.2 Å². The first-order chi connectivity index (χ1) is 8.92. The minimum Gasteiger partial charge on any atom is -0.369 e. The molecule has 0 aliphatic rings. The molecule has 6 heteroatoms. The van der Waals surface area contributed by atoms with Crippen LogP contribution in [0.2, 0.25) is 0 Å². The van der Waals surface area contributed by atoms with Crippen LogP contribution in [0.5, 0.6) is 0 Å². The van der Waals surface area contributed by atoms with E-state index in [9.17, 15) is 8.42 Å². The molecule has 0 saturated carbocycles. The van der Waals surface area contributed by atoms with Crippen LogP contribution < -0.4 is 10.0 Å². The standard InChI is InChI=1S/C13H23N3O2S/c1-5-11(10(3)4)16-19(17,18)12-8-7-9-15-13(12)14-6-2/h7-11,16H,5-6H2,1-4H3,(H,14,15). The van der Waals surface area contributed by atoms with E-state index in [-0.39, 0.29) is 16.9 Å². The van der Waals surface area contributed by atoms with Crippen molar-refractivity contribution in [3.8, 4) is 0 Å². The fourth-order valence-corrected chi connectivity index (χ4v) is 3.46. The average molecular weight is 285 g/mol. The van der Waals surface area contributed by atoms with Gasteiger partial charge in [-0.2, -0.15) is 0 Å². The third-order valence-corrected chi connectivity index (χ3v) is 4.48. The second-order valence-electron chi connectivity index (χ2n) is 4.76. The minimum atomic E-state index is -3.54. The number of pyridine rings is 1. The van der Waals surface area contributed by atoms with Crippen LogP contribution in [0.1, 0.15) is 34.1 Å². The van der Waals surface area contributed by atoms with Crippen LogP contribution in [0, 0.1) is 5.92 Å². The Labute approximate surface area is 115 Å². The number of aromatic nitrogens is 1. The van der Waals surface area contributed by atoms with Gasteiger partial charge < -0.3 is 5.32 Å². The summed E-state index contributed by atoms with van der Waals surface area (Å²) >= 11 is 0. The molecule has 0 aliphatic carbocycles. The van der Waals surface area contributed by atoms with E-state index in [1.165, 1.54) is 0 Å². The summed E-state index contributed by atoms with van der Waals surface area (Å²) in [6, 6.07) is 3.13. The van der Waals surface area contributed by atoms with Gasteiger partial charge in [0.1, 0.15) is 10.7 Å². The van der Waals surface area contributed by atoms with E-state index in [1.807, 2.05) is 27.7 Å². The second kappa shape index (κ2) is 6.86. The molecule has 1 heterocycles. The van der Waals surface area contributed by atoms with E-state index >= 15 is 0 Å². The van der Waals surface area contributed by atoms with E-state index in [2.05, 4.69) is 15.0 Å². The largest absolute Gasteiger partial charge is 0.369 e. The van der Waals surface area contributed by atoms with Gasteiger partial charge in [0, 0.05) is 18.8 Å². The molecular weight excluding hydrogens is 262 g/mol. The molecule has 0 saturated heterocycles. The molecular formula is C13H23N3O2S. The van der Waals surface area contributed by atoms with Crippen LogP contribution in [0.4, 0.5) is 5.82 Å². The lowest BCUT2D eigenvalue weighted by Crippen LogP contribution is -2.38. The molecule has 0 spiro atoms. The molecule has 0 amide bonds. The third-order valence-electron chi connectivity index (χ3n) is 2.96. The number of hydrogen-bond acceptors (Lipinski definition) is 4. The van der Waals surface area contributed by atoms with Gasteiger partial charge in [-0.25, -0.2) is 18.1 Å². The molecule has 5 nitrogen and oxygen atoms in total. The monoisotopic (exact) mass is 285 g/mol. The van der Waals surface area contributed by atoms with Crippen molar-refractivity contribution in [1.29, 1.82) is 0 Å². The number of hydrogen-bond donors (Lipinski definition) is 2. The number of nitrogens with one attached hydrogen (secondary N) is 2. The van der Waals surface area contributed by atoms with Gasteiger partial charge in [0.05, 0.1) is 0 Å². The topological polar surface area (TPSA) is 71.1 Å². The maximum absolute atomic E-state index is 12.4. The van der Waals surface area contributed by atoms with E-state index in [4.69, 9.17) is 0 Å². The Kier molecular flexibility index (Phi) is 5.75. The zero-order valence-corrected chi connectivity index (χ0v) is 12.8. The zero-order valence-electron chi connectivity index (χ0n) is 12.0. The van der Waals surface area contributed by atoms with Crippen molar-refractivity contribution < 1.29 is 8.42 Å². The summed E-state index contributed by atoms with van der Waals surface area (Å²) in [5.41, 5.74) is 0. The highest BCUT2D eigenvalue weighted by molar-refractivity contribution is 7.89. The molecule has 1 unspecified atom stereocenters. The van der Waals surface area contributed by atoms with Crippen molar-refractivity contribution in [2.75, 3.05) is 11.9 Å². The van der Waals surface area contributed by atoms with Gasteiger partial charge in [-0.1, -0.05) is 20.8 Å². The highest BCUT2D eigenvalue weighted by Crippen LogP contribution is 2.19. The van der Waals surface area contributed by atoms with Gasteiger partial charge in [-0.3, -0.25) is 0 Å². The van der Waals surface area contributed by atoms with Gasteiger partial charge in [-0.15, -0.1) is 0 Å². The van der Waals surface area contributed by atoms with Crippen molar-refractivity contribution in [2.24, 2.45) is 5.92 Å². The predicted octanol–water partition coefficient (Wildman–Crippen LogP) is 2.23. The Morgan fingerprint density at radius 3 is 2.53 bits per heavy atom. The molecule has 108 valence electrons. The maximum atomic E-state index is 12.4. The summed E-state index contributed by atoms with van der Waals surface area (Å²) in [6.07, 6.45) is 2.34. The van der Waals surface area contributed by atoms with Gasteiger partial charge in [0.15, 0.2) is 0 Å². The van der Waals surface area contributed by atoms with Gasteiger partial charge in [0.2, 0.25) is 10.0 Å². The molecule has 2 N–H and O–H groups in total. The van der Waals surface area contributed by atoms with Crippen molar-refractivity contribution in [3.63, 3.8) is 0 Å². The first kappa shape index (κ1) is 15.9. The molecule has 1 rings (SSSR count). The molecule has 0 radical (unpaired) electrons. The fraction of sp³-hybridized carbons (Fsp3) is 0.615. The van der Waals surface area contributed by atoms with E-state index in [1.54, 1.807) is 18.3 Å². The smallest absolute Gasteiger partial charge is 0.244 e. The van der Waals surface area contributed by atoms with Gasteiger partial charge in [-0.05, 0) is 31.4 Å². The molecule has 1 atom stereocenters. The quantitative estimate of drug-likeness (QED) is 0.806. The molecule has 1 aromatic rings. The number of sulfonamides is 1. The summed E-state index contributed by atoms with van der Waals surface area (Å²) in [5, 5.41) is 2.97. The Hall–Kier alpha value is -1.14. The molecule has 0 aromatic carbocycles. The number of nitrogens with zero attached hydrogens (tertiary/aromatic N) is 1. The predicted molar refractivity (Wildman–Crippen MR) is 77.6 cm³/mol. The van der Waals surface area contributed by atoms with E-state index < -0.39 is 10.0 Å². The van der Waals surface area contributed by atoms with Crippen LogP contribution in [-0.4, -0.2) is 26.0 Å². The van der Waals surface area contributed by atoms with Gasteiger partial charge >= 0.3 is 0 Å². The minimum absolute atomic E-state index is 0.0697. The second-order valence-corrected chi connectivity index (χ2v) is 6.44. The van der Waals surface area contributed by atoms with Crippen LogP contribution in [-0.2, 0) is 10.0 Å². The molecule has 0 aliphatic heterocycles. The van der Waals surface area contributed by atoms with Crippen molar-refractivity contribution in [2.45, 2.75) is 45.1 Å². The summed E-state index contributed by atoms with van der Waals surface area (Å²) in [7, 11) is -3.54. The SMILES string of the molecule is CCNc1ncccc1S(=O)(=O)NC(CC)C(C)C. The first-order valence-electron chi connectivity index (χ1n) is 6.63. The summed E-state index contributed by atoms with van der Waals surface area (Å²) < 4.78 is 27.6. The van der Waals surface area contributed by atoms with Crippen molar-refractivity contribution in [1.82, 2.24) is 9.71 Å². The number of rotatable bonds is 7. The Morgan fingerprint density at radius 2 is 2.00 bits per heavy atom. The number of anilines is 1. The Balaban J connectivity index is 3.06. The normalized spacial score (nSPS) is 13.5. The zero-order chi connectivity index (χ0) is 14.5. The third kappa shape index (κ3) is 4.18. The fourth-order valence-electron chi connectivity index (χ4n) is 1.86. The Morgan fingerprint density at radius 1 is 1.32 bits per heavy atom. The van der Waals surface area contributed by atoms with Crippen LogP contribution in [0.3, 0.4) is 0 Å². The average Bonchev–Trinajstić information content (AvgIpc) is 2.36. The van der Waals surface area contributed by atoms with Crippen molar-refractivity contribution >= 4 is 15.8 Å². The summed E-state index contributed by atoms with van der Waals surface area (Å²) in [6.45, 7) is 8.51. The highest BCUT2D eigenvalue weighted by atomic mass is 32.2. The Bertz CT molecular complexity index is 500. The summed E-state index contributed by atoms with van der Waals surface area (Å²) in [5.74, 6) is 0.648. The van der Waals surface area contributed by atoms with Crippen LogP contribution in [0.25, 0.3) is 0 Å². The maximum Gasteiger partial charge on any atom is 0.244 e. The van der Waals surface area contributed by atoms with E-state index in [0.717, 1.165) is 6.42 Å². The molecule has 1 aromatic heterocycles. The first-order valence-corrected chi connectivity index (χ1v) is 8.11. The molecule has 19 heavy (non-hydrogen) atoms.